The lowest BCUT2D eigenvalue weighted by molar-refractivity contribution is 0.288. The molecule has 2 rings (SSSR count). The fourth-order valence-corrected chi connectivity index (χ4v) is 1.88. The molecule has 4 nitrogen and oxygen atoms in total. The third kappa shape index (κ3) is 2.76. The molecule has 0 aliphatic rings. The summed E-state index contributed by atoms with van der Waals surface area (Å²) in [6.45, 7) is 4.48. The second-order valence-electron chi connectivity index (χ2n) is 4.33. The van der Waals surface area contributed by atoms with Gasteiger partial charge in [-0.05, 0) is 32.0 Å². The summed E-state index contributed by atoms with van der Waals surface area (Å²) in [6.07, 6.45) is 1.65. The van der Waals surface area contributed by atoms with Gasteiger partial charge in [0, 0.05) is 11.1 Å². The highest BCUT2D eigenvalue weighted by Gasteiger charge is 2.11. The predicted octanol–water partition coefficient (Wildman–Crippen LogP) is 3.28. The molecular weight excluding hydrogens is 250 g/mol. The van der Waals surface area contributed by atoms with E-state index < -0.39 is 0 Å². The first kappa shape index (κ1) is 12.8. The van der Waals surface area contributed by atoms with E-state index in [4.69, 9.17) is 22.1 Å². The van der Waals surface area contributed by atoms with Gasteiger partial charge >= 0.3 is 0 Å². The van der Waals surface area contributed by atoms with Crippen molar-refractivity contribution in [3.05, 3.63) is 41.2 Å². The van der Waals surface area contributed by atoms with Gasteiger partial charge in [0.05, 0.1) is 17.6 Å². The summed E-state index contributed by atoms with van der Waals surface area (Å²) in [4.78, 5) is 0. The number of aromatic nitrogens is 2. The van der Waals surface area contributed by atoms with Gasteiger partial charge < -0.3 is 10.5 Å². The highest BCUT2D eigenvalue weighted by molar-refractivity contribution is 6.30. The molecule has 5 heteroatoms. The van der Waals surface area contributed by atoms with Crippen molar-refractivity contribution in [1.29, 1.82) is 0 Å². The van der Waals surface area contributed by atoms with Crippen molar-refractivity contribution in [2.24, 2.45) is 0 Å². The second kappa shape index (κ2) is 5.31. The molecule has 0 fully saturated rings. The van der Waals surface area contributed by atoms with E-state index in [-0.39, 0.29) is 6.04 Å². The lowest BCUT2D eigenvalue weighted by Gasteiger charge is -2.12. The van der Waals surface area contributed by atoms with Crippen LogP contribution in [0.15, 0.2) is 30.5 Å². The van der Waals surface area contributed by atoms with Gasteiger partial charge in [-0.2, -0.15) is 5.10 Å². The highest BCUT2D eigenvalue weighted by Crippen LogP contribution is 2.21. The van der Waals surface area contributed by atoms with E-state index in [0.717, 1.165) is 11.4 Å². The quantitative estimate of drug-likeness (QED) is 0.923. The molecule has 0 saturated heterocycles. The Morgan fingerprint density at radius 3 is 2.89 bits per heavy atom. The number of benzene rings is 1. The van der Waals surface area contributed by atoms with E-state index in [1.807, 2.05) is 16.8 Å². The van der Waals surface area contributed by atoms with Crippen molar-refractivity contribution >= 4 is 17.3 Å². The summed E-state index contributed by atoms with van der Waals surface area (Å²) in [5.41, 5.74) is 7.41. The van der Waals surface area contributed by atoms with Gasteiger partial charge in [-0.1, -0.05) is 17.7 Å². The molecular formula is C13H16ClN3O. The minimum absolute atomic E-state index is 0.250. The van der Waals surface area contributed by atoms with Crippen LogP contribution >= 0.6 is 11.6 Å². The molecule has 18 heavy (non-hydrogen) atoms. The van der Waals surface area contributed by atoms with Crippen molar-refractivity contribution in [1.82, 2.24) is 9.78 Å². The number of rotatable bonds is 4. The zero-order chi connectivity index (χ0) is 13.1. The molecule has 0 spiro atoms. The van der Waals surface area contributed by atoms with E-state index >= 15 is 0 Å². The van der Waals surface area contributed by atoms with E-state index in [0.29, 0.717) is 17.3 Å². The largest absolute Gasteiger partial charge is 0.487 e. The number of halogens is 1. The van der Waals surface area contributed by atoms with Crippen LogP contribution in [0.1, 0.15) is 25.6 Å². The number of nitrogen functional groups attached to an aromatic ring is 1. The molecule has 1 heterocycles. The van der Waals surface area contributed by atoms with E-state index in [2.05, 4.69) is 18.9 Å². The third-order valence-corrected chi connectivity index (χ3v) is 2.83. The Balaban J connectivity index is 2.13. The molecule has 1 aromatic heterocycles. The van der Waals surface area contributed by atoms with Crippen LogP contribution in [0, 0.1) is 0 Å². The lowest BCUT2D eigenvalue weighted by Crippen LogP contribution is -2.11. The molecule has 0 atom stereocenters. The average Bonchev–Trinajstić information content (AvgIpc) is 2.68. The number of anilines is 1. The van der Waals surface area contributed by atoms with Crippen molar-refractivity contribution < 1.29 is 4.74 Å². The van der Waals surface area contributed by atoms with Gasteiger partial charge in [-0.25, -0.2) is 0 Å². The molecule has 1 aromatic carbocycles. The van der Waals surface area contributed by atoms with Gasteiger partial charge in [0.15, 0.2) is 0 Å². The van der Waals surface area contributed by atoms with Crippen molar-refractivity contribution in [2.75, 3.05) is 5.73 Å². The second-order valence-corrected chi connectivity index (χ2v) is 4.77. The van der Waals surface area contributed by atoms with Gasteiger partial charge in [0.2, 0.25) is 0 Å². The fourth-order valence-electron chi connectivity index (χ4n) is 1.70. The number of hydrogen-bond acceptors (Lipinski definition) is 3. The Morgan fingerprint density at radius 1 is 1.44 bits per heavy atom. The average molecular weight is 266 g/mol. The van der Waals surface area contributed by atoms with Crippen LogP contribution in [0.5, 0.6) is 5.75 Å². The highest BCUT2D eigenvalue weighted by atomic mass is 35.5. The maximum Gasteiger partial charge on any atom is 0.132 e. The van der Waals surface area contributed by atoms with Crippen LogP contribution in [0.2, 0.25) is 5.02 Å². The Bertz CT molecular complexity index is 537. The molecule has 0 bridgehead atoms. The SMILES string of the molecule is CC(C)n1ncc(N)c1COc1cccc(Cl)c1. The number of nitrogens with two attached hydrogens (primary N) is 1. The maximum absolute atomic E-state index is 5.90. The molecule has 0 aliphatic heterocycles. The Labute approximate surface area is 111 Å². The molecule has 0 aliphatic carbocycles. The van der Waals surface area contributed by atoms with Gasteiger partial charge in [-0.3, -0.25) is 4.68 Å². The third-order valence-electron chi connectivity index (χ3n) is 2.59. The smallest absolute Gasteiger partial charge is 0.132 e. The number of nitrogens with zero attached hydrogens (tertiary/aromatic N) is 2. The van der Waals surface area contributed by atoms with Crippen LogP contribution < -0.4 is 10.5 Å². The Morgan fingerprint density at radius 2 is 2.22 bits per heavy atom. The monoisotopic (exact) mass is 265 g/mol. The topological polar surface area (TPSA) is 53.1 Å². The van der Waals surface area contributed by atoms with E-state index in [1.165, 1.54) is 0 Å². The van der Waals surface area contributed by atoms with Crippen LogP contribution in [-0.4, -0.2) is 9.78 Å². The molecule has 0 amide bonds. The summed E-state index contributed by atoms with van der Waals surface area (Å²) in [6, 6.07) is 7.54. The van der Waals surface area contributed by atoms with E-state index in [1.54, 1.807) is 18.3 Å². The first-order valence-electron chi connectivity index (χ1n) is 5.78. The Kier molecular flexibility index (Phi) is 3.77. The zero-order valence-corrected chi connectivity index (χ0v) is 11.2. The summed E-state index contributed by atoms with van der Waals surface area (Å²) in [5.74, 6) is 0.721. The standard InChI is InChI=1S/C13H16ClN3O/c1-9(2)17-13(12(15)7-16-17)8-18-11-5-3-4-10(14)6-11/h3-7,9H,8,15H2,1-2H3. The van der Waals surface area contributed by atoms with Gasteiger partial charge in [-0.15, -0.1) is 0 Å². The first-order valence-corrected chi connectivity index (χ1v) is 6.16. The zero-order valence-electron chi connectivity index (χ0n) is 10.4. The normalized spacial score (nSPS) is 10.9. The Hall–Kier alpha value is -1.68. The maximum atomic E-state index is 5.90. The number of ether oxygens (including phenoxy) is 1. The first-order chi connectivity index (χ1) is 8.58. The van der Waals surface area contributed by atoms with E-state index in [9.17, 15) is 0 Å². The molecule has 0 saturated carbocycles. The van der Waals surface area contributed by atoms with Crippen LogP contribution in [0.25, 0.3) is 0 Å². The van der Waals surface area contributed by atoms with Crippen molar-refractivity contribution in [2.45, 2.75) is 26.5 Å². The predicted molar refractivity (Wildman–Crippen MR) is 72.8 cm³/mol. The summed E-state index contributed by atoms with van der Waals surface area (Å²) in [5, 5.41) is 4.88. The van der Waals surface area contributed by atoms with Crippen LogP contribution in [0.3, 0.4) is 0 Å². The molecule has 96 valence electrons. The van der Waals surface area contributed by atoms with Gasteiger partial charge in [0.25, 0.3) is 0 Å². The van der Waals surface area contributed by atoms with Gasteiger partial charge in [0.1, 0.15) is 12.4 Å². The molecule has 2 aromatic rings. The minimum atomic E-state index is 0.250. The summed E-state index contributed by atoms with van der Waals surface area (Å²) >= 11 is 5.90. The van der Waals surface area contributed by atoms with Crippen molar-refractivity contribution in [3.8, 4) is 5.75 Å². The minimum Gasteiger partial charge on any atom is -0.487 e. The molecule has 0 radical (unpaired) electrons. The molecule has 2 N–H and O–H groups in total. The molecule has 0 unspecified atom stereocenters. The summed E-state index contributed by atoms with van der Waals surface area (Å²) < 4.78 is 7.54. The summed E-state index contributed by atoms with van der Waals surface area (Å²) in [7, 11) is 0. The van der Waals surface area contributed by atoms with Crippen LogP contribution in [-0.2, 0) is 6.61 Å². The van der Waals surface area contributed by atoms with Crippen LogP contribution in [0.4, 0.5) is 5.69 Å². The van der Waals surface area contributed by atoms with Crippen molar-refractivity contribution in [3.63, 3.8) is 0 Å². The fraction of sp³-hybridized carbons (Fsp3) is 0.308. The lowest BCUT2D eigenvalue weighted by atomic mass is 10.3. The number of hydrogen-bond donors (Lipinski definition) is 1.